The van der Waals surface area contributed by atoms with Crippen LogP contribution < -0.4 is 0 Å². The first-order valence-electron chi connectivity index (χ1n) is 6.52. The molecule has 0 aromatic heterocycles. The van der Waals surface area contributed by atoms with Crippen LogP contribution in [0.1, 0.15) is 51.7 Å². The Morgan fingerprint density at radius 2 is 1.67 bits per heavy atom. The SMILES string of the molecule is CCC(C)(CC(C)(C)C(=O)O)c1ccc(C)cc1. The van der Waals surface area contributed by atoms with Gasteiger partial charge < -0.3 is 5.11 Å². The van der Waals surface area contributed by atoms with E-state index in [4.69, 9.17) is 0 Å². The fourth-order valence-corrected chi connectivity index (χ4v) is 2.44. The number of rotatable bonds is 5. The third kappa shape index (κ3) is 3.12. The first-order chi connectivity index (χ1) is 8.21. The molecule has 1 aromatic rings. The van der Waals surface area contributed by atoms with E-state index in [0.717, 1.165) is 6.42 Å². The largest absolute Gasteiger partial charge is 0.481 e. The van der Waals surface area contributed by atoms with E-state index >= 15 is 0 Å². The van der Waals surface area contributed by atoms with Crippen molar-refractivity contribution in [3.63, 3.8) is 0 Å². The molecule has 1 N–H and O–H groups in total. The topological polar surface area (TPSA) is 37.3 Å². The van der Waals surface area contributed by atoms with Crippen molar-refractivity contribution >= 4 is 5.97 Å². The van der Waals surface area contributed by atoms with Gasteiger partial charge in [0, 0.05) is 0 Å². The summed E-state index contributed by atoms with van der Waals surface area (Å²) in [6.45, 7) is 9.95. The lowest BCUT2D eigenvalue weighted by molar-refractivity contribution is -0.148. The van der Waals surface area contributed by atoms with Crippen molar-refractivity contribution in [2.24, 2.45) is 5.41 Å². The normalized spacial score (nSPS) is 15.2. The van der Waals surface area contributed by atoms with Crippen molar-refractivity contribution in [3.8, 4) is 0 Å². The van der Waals surface area contributed by atoms with E-state index < -0.39 is 11.4 Å². The Labute approximate surface area is 110 Å². The Balaban J connectivity index is 3.06. The Kier molecular flexibility index (Phi) is 4.20. The van der Waals surface area contributed by atoms with Crippen LogP contribution in [-0.2, 0) is 10.2 Å². The number of hydrogen-bond acceptors (Lipinski definition) is 1. The summed E-state index contributed by atoms with van der Waals surface area (Å²) in [5, 5.41) is 9.29. The van der Waals surface area contributed by atoms with Crippen molar-refractivity contribution in [3.05, 3.63) is 35.4 Å². The highest BCUT2D eigenvalue weighted by atomic mass is 16.4. The number of aliphatic carboxylic acids is 1. The van der Waals surface area contributed by atoms with Crippen LogP contribution in [0.15, 0.2) is 24.3 Å². The summed E-state index contributed by atoms with van der Waals surface area (Å²) in [4.78, 5) is 11.3. The molecule has 0 bridgehead atoms. The molecule has 0 saturated carbocycles. The maximum absolute atomic E-state index is 11.3. The molecule has 100 valence electrons. The monoisotopic (exact) mass is 248 g/mol. The van der Waals surface area contributed by atoms with Crippen LogP contribution in [0.4, 0.5) is 0 Å². The summed E-state index contributed by atoms with van der Waals surface area (Å²) in [6, 6.07) is 8.43. The van der Waals surface area contributed by atoms with Gasteiger partial charge in [0.25, 0.3) is 0 Å². The molecule has 0 spiro atoms. The zero-order valence-electron chi connectivity index (χ0n) is 12.1. The standard InChI is InChI=1S/C16H24O2/c1-6-16(5,11-15(3,4)14(17)18)13-9-7-12(2)8-10-13/h7-10H,6,11H2,1-5H3,(H,17,18). The minimum absolute atomic E-state index is 0.0877. The van der Waals surface area contributed by atoms with Gasteiger partial charge in [-0.05, 0) is 44.6 Å². The smallest absolute Gasteiger partial charge is 0.309 e. The minimum atomic E-state index is -0.728. The minimum Gasteiger partial charge on any atom is -0.481 e. The summed E-state index contributed by atoms with van der Waals surface area (Å²) < 4.78 is 0. The highest BCUT2D eigenvalue weighted by Crippen LogP contribution is 2.39. The van der Waals surface area contributed by atoms with Crippen LogP contribution >= 0.6 is 0 Å². The van der Waals surface area contributed by atoms with E-state index in [1.54, 1.807) is 13.8 Å². The van der Waals surface area contributed by atoms with Crippen molar-refractivity contribution in [1.82, 2.24) is 0 Å². The zero-order valence-corrected chi connectivity index (χ0v) is 12.1. The van der Waals surface area contributed by atoms with Crippen LogP contribution in [0, 0.1) is 12.3 Å². The summed E-state index contributed by atoms with van der Waals surface area (Å²) in [5.74, 6) is -0.728. The number of aryl methyl sites for hydroxylation is 1. The van der Waals surface area contributed by atoms with E-state index in [0.29, 0.717) is 6.42 Å². The number of carbonyl (C=O) groups is 1. The lowest BCUT2D eigenvalue weighted by Gasteiger charge is -2.35. The molecule has 2 nitrogen and oxygen atoms in total. The van der Waals surface area contributed by atoms with Gasteiger partial charge in [-0.1, -0.05) is 43.7 Å². The molecule has 0 saturated heterocycles. The fourth-order valence-electron chi connectivity index (χ4n) is 2.44. The lowest BCUT2D eigenvalue weighted by Crippen LogP contribution is -2.34. The van der Waals surface area contributed by atoms with E-state index in [1.165, 1.54) is 11.1 Å². The number of benzene rings is 1. The maximum Gasteiger partial charge on any atom is 0.309 e. The molecular formula is C16H24O2. The Hall–Kier alpha value is -1.31. The zero-order chi connectivity index (χ0) is 14.0. The number of hydrogen-bond donors (Lipinski definition) is 1. The molecule has 0 amide bonds. The maximum atomic E-state index is 11.3. The van der Waals surface area contributed by atoms with Crippen molar-refractivity contribution in [2.45, 2.75) is 52.9 Å². The molecule has 1 aromatic carbocycles. The number of carboxylic acids is 1. The molecule has 0 aliphatic rings. The van der Waals surface area contributed by atoms with Gasteiger partial charge in [-0.15, -0.1) is 0 Å². The van der Waals surface area contributed by atoms with Crippen LogP contribution in [0.2, 0.25) is 0 Å². The molecule has 2 heteroatoms. The van der Waals surface area contributed by atoms with Crippen molar-refractivity contribution < 1.29 is 9.90 Å². The Bertz CT molecular complexity index is 417. The quantitative estimate of drug-likeness (QED) is 0.849. The van der Waals surface area contributed by atoms with E-state index in [-0.39, 0.29) is 5.41 Å². The third-order valence-electron chi connectivity index (χ3n) is 3.94. The predicted octanol–water partition coefficient (Wildman–Crippen LogP) is 4.16. The lowest BCUT2D eigenvalue weighted by atomic mass is 9.68. The van der Waals surface area contributed by atoms with E-state index in [2.05, 4.69) is 45.0 Å². The average Bonchev–Trinajstić information content (AvgIpc) is 2.29. The molecule has 1 rings (SSSR count). The molecule has 18 heavy (non-hydrogen) atoms. The van der Waals surface area contributed by atoms with Gasteiger partial charge in [0.1, 0.15) is 0 Å². The summed E-state index contributed by atoms with van der Waals surface area (Å²) in [6.07, 6.45) is 1.58. The van der Waals surface area contributed by atoms with E-state index in [1.807, 2.05) is 0 Å². The average molecular weight is 248 g/mol. The summed E-state index contributed by atoms with van der Waals surface area (Å²) in [7, 11) is 0. The van der Waals surface area contributed by atoms with Crippen LogP contribution in [0.3, 0.4) is 0 Å². The molecule has 0 aliphatic carbocycles. The second kappa shape index (κ2) is 5.13. The van der Waals surface area contributed by atoms with Gasteiger partial charge in [-0.25, -0.2) is 0 Å². The molecule has 0 heterocycles. The highest BCUT2D eigenvalue weighted by Gasteiger charge is 2.37. The molecule has 1 atom stereocenters. The second-order valence-electron chi connectivity index (χ2n) is 6.15. The second-order valence-corrected chi connectivity index (χ2v) is 6.15. The van der Waals surface area contributed by atoms with Gasteiger partial charge in [0.2, 0.25) is 0 Å². The third-order valence-corrected chi connectivity index (χ3v) is 3.94. The van der Waals surface area contributed by atoms with Gasteiger partial charge in [0.05, 0.1) is 5.41 Å². The first-order valence-corrected chi connectivity index (χ1v) is 6.52. The van der Waals surface area contributed by atoms with Gasteiger partial charge in [-0.2, -0.15) is 0 Å². The fraction of sp³-hybridized carbons (Fsp3) is 0.562. The Morgan fingerprint density at radius 1 is 1.17 bits per heavy atom. The Morgan fingerprint density at radius 3 is 2.06 bits per heavy atom. The van der Waals surface area contributed by atoms with Crippen LogP contribution in [0.25, 0.3) is 0 Å². The molecule has 0 fully saturated rings. The predicted molar refractivity (Wildman–Crippen MR) is 74.9 cm³/mol. The van der Waals surface area contributed by atoms with Crippen molar-refractivity contribution in [2.75, 3.05) is 0 Å². The van der Waals surface area contributed by atoms with Crippen molar-refractivity contribution in [1.29, 1.82) is 0 Å². The molecule has 0 radical (unpaired) electrons. The first kappa shape index (κ1) is 14.7. The molecule has 0 aliphatic heterocycles. The van der Waals surface area contributed by atoms with Crippen LogP contribution in [-0.4, -0.2) is 11.1 Å². The van der Waals surface area contributed by atoms with Gasteiger partial charge in [-0.3, -0.25) is 4.79 Å². The highest BCUT2D eigenvalue weighted by molar-refractivity contribution is 5.73. The van der Waals surface area contributed by atoms with Gasteiger partial charge >= 0.3 is 5.97 Å². The number of carboxylic acid groups (broad SMARTS) is 1. The summed E-state index contributed by atoms with van der Waals surface area (Å²) >= 11 is 0. The molecular weight excluding hydrogens is 224 g/mol. The summed E-state index contributed by atoms with van der Waals surface area (Å²) in [5.41, 5.74) is 1.67. The van der Waals surface area contributed by atoms with E-state index in [9.17, 15) is 9.90 Å². The van der Waals surface area contributed by atoms with Gasteiger partial charge in [0.15, 0.2) is 0 Å². The van der Waals surface area contributed by atoms with Crippen LogP contribution in [0.5, 0.6) is 0 Å². The molecule has 1 unspecified atom stereocenters.